The topological polar surface area (TPSA) is 38.5 Å². The molecule has 0 bridgehead atoms. The molecule has 0 aliphatic carbocycles. The highest BCUT2D eigenvalue weighted by Gasteiger charge is 2.21. The molecule has 1 aromatic carbocycles. The van der Waals surface area contributed by atoms with Gasteiger partial charge in [0.1, 0.15) is 0 Å². The van der Waals surface area contributed by atoms with E-state index in [9.17, 15) is 0 Å². The smallest absolute Gasteiger partial charge is 0.0717 e. The number of hydrogen-bond donors (Lipinski definition) is 1. The van der Waals surface area contributed by atoms with E-state index in [1.165, 1.54) is 18.5 Å². The molecule has 1 heterocycles. The maximum absolute atomic E-state index is 5.77. The molecule has 0 spiro atoms. The lowest BCUT2D eigenvalue weighted by atomic mass is 10.1. The van der Waals surface area contributed by atoms with E-state index in [0.717, 1.165) is 32.8 Å². The minimum Gasteiger partial charge on any atom is -0.376 e. The number of nitrogens with zero attached hydrogens (tertiary/aromatic N) is 1. The summed E-state index contributed by atoms with van der Waals surface area (Å²) in [5, 5.41) is 0. The summed E-state index contributed by atoms with van der Waals surface area (Å²) in [5.41, 5.74) is 6.81. The SMILES string of the molecule is NCCN1CCC(COCc2ccccc2)C1. The average Bonchev–Trinajstić information content (AvgIpc) is 2.79. The van der Waals surface area contributed by atoms with Crippen LogP contribution in [0, 0.1) is 5.92 Å². The number of benzene rings is 1. The fourth-order valence-corrected chi connectivity index (χ4v) is 2.35. The standard InChI is InChI=1S/C14H22N2O/c15-7-9-16-8-6-14(10-16)12-17-11-13-4-2-1-3-5-13/h1-5,14H,6-12,15H2. The molecule has 2 rings (SSSR count). The fourth-order valence-electron chi connectivity index (χ4n) is 2.35. The largest absolute Gasteiger partial charge is 0.376 e. The monoisotopic (exact) mass is 234 g/mol. The Kier molecular flexibility index (Phi) is 4.98. The van der Waals surface area contributed by atoms with Crippen LogP contribution < -0.4 is 5.73 Å². The van der Waals surface area contributed by atoms with Gasteiger partial charge in [-0.25, -0.2) is 0 Å². The first kappa shape index (κ1) is 12.6. The molecule has 1 atom stereocenters. The molecule has 2 N–H and O–H groups in total. The summed E-state index contributed by atoms with van der Waals surface area (Å²) < 4.78 is 5.77. The number of nitrogens with two attached hydrogens (primary N) is 1. The van der Waals surface area contributed by atoms with E-state index in [-0.39, 0.29) is 0 Å². The normalized spacial score (nSPS) is 20.9. The Morgan fingerprint density at radius 3 is 2.88 bits per heavy atom. The van der Waals surface area contributed by atoms with Crippen molar-refractivity contribution in [3.05, 3.63) is 35.9 Å². The van der Waals surface area contributed by atoms with Crippen molar-refractivity contribution < 1.29 is 4.74 Å². The molecule has 17 heavy (non-hydrogen) atoms. The van der Waals surface area contributed by atoms with Crippen molar-refractivity contribution >= 4 is 0 Å². The van der Waals surface area contributed by atoms with Crippen LogP contribution in [0.5, 0.6) is 0 Å². The zero-order valence-corrected chi connectivity index (χ0v) is 10.3. The van der Waals surface area contributed by atoms with Crippen LogP contribution in [0.15, 0.2) is 30.3 Å². The summed E-state index contributed by atoms with van der Waals surface area (Å²) in [7, 11) is 0. The first-order valence-corrected chi connectivity index (χ1v) is 6.42. The average molecular weight is 234 g/mol. The third-order valence-corrected chi connectivity index (χ3v) is 3.28. The Morgan fingerprint density at radius 2 is 2.12 bits per heavy atom. The van der Waals surface area contributed by atoms with Gasteiger partial charge in [0.15, 0.2) is 0 Å². The molecule has 1 fully saturated rings. The molecule has 1 aliphatic rings. The molecule has 0 radical (unpaired) electrons. The number of likely N-dealkylation sites (tertiary alicyclic amines) is 1. The molecular formula is C14H22N2O. The molecule has 0 saturated carbocycles. The molecule has 0 aromatic heterocycles. The van der Waals surface area contributed by atoms with Crippen LogP contribution in [-0.4, -0.2) is 37.7 Å². The predicted octanol–water partition coefficient (Wildman–Crippen LogP) is 1.48. The molecule has 1 unspecified atom stereocenters. The molecular weight excluding hydrogens is 212 g/mol. The third-order valence-electron chi connectivity index (χ3n) is 3.28. The van der Waals surface area contributed by atoms with Gasteiger partial charge in [0.25, 0.3) is 0 Å². The quantitative estimate of drug-likeness (QED) is 0.810. The molecule has 3 heteroatoms. The van der Waals surface area contributed by atoms with E-state index >= 15 is 0 Å². The summed E-state index contributed by atoms with van der Waals surface area (Å²) in [5.74, 6) is 0.685. The van der Waals surface area contributed by atoms with Crippen LogP contribution in [0.3, 0.4) is 0 Å². The van der Waals surface area contributed by atoms with E-state index < -0.39 is 0 Å². The van der Waals surface area contributed by atoms with E-state index in [1.807, 2.05) is 6.07 Å². The highest BCUT2D eigenvalue weighted by molar-refractivity contribution is 5.13. The summed E-state index contributed by atoms with van der Waals surface area (Å²) in [6, 6.07) is 10.4. The second-order valence-electron chi connectivity index (χ2n) is 4.74. The first-order chi connectivity index (χ1) is 8.38. The lowest BCUT2D eigenvalue weighted by Crippen LogP contribution is -2.27. The second kappa shape index (κ2) is 6.74. The summed E-state index contributed by atoms with van der Waals surface area (Å²) in [4.78, 5) is 2.43. The van der Waals surface area contributed by atoms with E-state index in [0.29, 0.717) is 5.92 Å². The van der Waals surface area contributed by atoms with Crippen LogP contribution in [0.1, 0.15) is 12.0 Å². The van der Waals surface area contributed by atoms with Crippen LogP contribution in [0.4, 0.5) is 0 Å². The molecule has 1 saturated heterocycles. The van der Waals surface area contributed by atoms with Gasteiger partial charge in [-0.15, -0.1) is 0 Å². The molecule has 3 nitrogen and oxygen atoms in total. The van der Waals surface area contributed by atoms with Gasteiger partial charge in [-0.3, -0.25) is 0 Å². The van der Waals surface area contributed by atoms with Crippen molar-refractivity contribution in [2.45, 2.75) is 13.0 Å². The second-order valence-corrected chi connectivity index (χ2v) is 4.74. The molecule has 1 aliphatic heterocycles. The van der Waals surface area contributed by atoms with Gasteiger partial charge in [0, 0.05) is 19.6 Å². The van der Waals surface area contributed by atoms with E-state index in [2.05, 4.69) is 29.2 Å². The Bertz CT molecular complexity index is 315. The highest BCUT2D eigenvalue weighted by Crippen LogP contribution is 2.16. The maximum atomic E-state index is 5.77. The van der Waals surface area contributed by atoms with Crippen molar-refractivity contribution in [3.63, 3.8) is 0 Å². The van der Waals surface area contributed by atoms with E-state index in [4.69, 9.17) is 10.5 Å². The van der Waals surface area contributed by atoms with Gasteiger partial charge in [0.05, 0.1) is 13.2 Å². The minimum absolute atomic E-state index is 0.685. The Labute approximate surface area is 104 Å². The van der Waals surface area contributed by atoms with Crippen molar-refractivity contribution in [1.29, 1.82) is 0 Å². The zero-order valence-electron chi connectivity index (χ0n) is 10.3. The van der Waals surface area contributed by atoms with Crippen molar-refractivity contribution in [3.8, 4) is 0 Å². The van der Waals surface area contributed by atoms with Crippen molar-refractivity contribution in [2.75, 3.05) is 32.8 Å². The minimum atomic E-state index is 0.685. The Hall–Kier alpha value is -0.900. The Morgan fingerprint density at radius 1 is 1.29 bits per heavy atom. The highest BCUT2D eigenvalue weighted by atomic mass is 16.5. The van der Waals surface area contributed by atoms with Gasteiger partial charge in [-0.05, 0) is 24.4 Å². The summed E-state index contributed by atoms with van der Waals surface area (Å²) >= 11 is 0. The lowest BCUT2D eigenvalue weighted by Gasteiger charge is -2.14. The number of hydrogen-bond acceptors (Lipinski definition) is 3. The number of ether oxygens (including phenoxy) is 1. The van der Waals surface area contributed by atoms with Gasteiger partial charge >= 0.3 is 0 Å². The predicted molar refractivity (Wildman–Crippen MR) is 69.7 cm³/mol. The van der Waals surface area contributed by atoms with E-state index in [1.54, 1.807) is 0 Å². The molecule has 0 amide bonds. The Balaban J connectivity index is 1.63. The third kappa shape index (κ3) is 4.11. The van der Waals surface area contributed by atoms with Gasteiger partial charge in [-0.2, -0.15) is 0 Å². The van der Waals surface area contributed by atoms with Crippen LogP contribution in [0.25, 0.3) is 0 Å². The van der Waals surface area contributed by atoms with Crippen LogP contribution in [0.2, 0.25) is 0 Å². The number of rotatable bonds is 6. The lowest BCUT2D eigenvalue weighted by molar-refractivity contribution is 0.0889. The fraction of sp³-hybridized carbons (Fsp3) is 0.571. The van der Waals surface area contributed by atoms with Gasteiger partial charge < -0.3 is 15.4 Å². The van der Waals surface area contributed by atoms with Crippen LogP contribution >= 0.6 is 0 Å². The first-order valence-electron chi connectivity index (χ1n) is 6.42. The maximum Gasteiger partial charge on any atom is 0.0717 e. The van der Waals surface area contributed by atoms with Gasteiger partial charge in [-0.1, -0.05) is 30.3 Å². The molecule has 1 aromatic rings. The summed E-state index contributed by atoms with van der Waals surface area (Å²) in [6.07, 6.45) is 1.24. The van der Waals surface area contributed by atoms with Crippen molar-refractivity contribution in [1.82, 2.24) is 4.90 Å². The van der Waals surface area contributed by atoms with Gasteiger partial charge in [0.2, 0.25) is 0 Å². The molecule has 94 valence electrons. The van der Waals surface area contributed by atoms with Crippen LogP contribution in [-0.2, 0) is 11.3 Å². The van der Waals surface area contributed by atoms with Crippen molar-refractivity contribution in [2.24, 2.45) is 11.7 Å². The summed E-state index contributed by atoms with van der Waals surface area (Å²) in [6.45, 7) is 5.71. The zero-order chi connectivity index (χ0) is 11.9.